The minimum Gasteiger partial charge on any atom is -0.456 e. The summed E-state index contributed by atoms with van der Waals surface area (Å²) in [5.41, 5.74) is 7.64. The van der Waals surface area contributed by atoms with Gasteiger partial charge in [-0.1, -0.05) is 158 Å². The third kappa shape index (κ3) is 5.71. The highest BCUT2D eigenvalue weighted by molar-refractivity contribution is 7.25. The lowest BCUT2D eigenvalue weighted by molar-refractivity contribution is 0.488. The number of ether oxygens (including phenoxy) is 1. The molecule has 1 aliphatic heterocycles. The van der Waals surface area contributed by atoms with Crippen LogP contribution in [0.3, 0.4) is 0 Å². The molecule has 0 unspecified atom stereocenters. The first kappa shape index (κ1) is 35.7. The van der Waals surface area contributed by atoms with E-state index in [0.717, 1.165) is 50.8 Å². The minimum atomic E-state index is 0.839. The summed E-state index contributed by atoms with van der Waals surface area (Å²) in [6.45, 7) is 0. The average molecular weight is 820 g/mol. The van der Waals surface area contributed by atoms with E-state index < -0.39 is 0 Å². The predicted molar refractivity (Wildman–Crippen MR) is 270 cm³/mol. The van der Waals surface area contributed by atoms with Crippen LogP contribution in [0, 0.1) is 0 Å². The summed E-state index contributed by atoms with van der Waals surface area (Å²) in [6, 6.07) is 82.1. The molecule has 0 atom stereocenters. The minimum absolute atomic E-state index is 0.839. The van der Waals surface area contributed by atoms with Crippen molar-refractivity contribution < 1.29 is 4.74 Å². The quantitative estimate of drug-likeness (QED) is 0.176. The van der Waals surface area contributed by atoms with Gasteiger partial charge in [0.2, 0.25) is 0 Å². The van der Waals surface area contributed by atoms with Gasteiger partial charge in [-0.25, -0.2) is 0 Å². The molecule has 0 amide bonds. The van der Waals surface area contributed by atoms with Gasteiger partial charge in [0.25, 0.3) is 0 Å². The molecule has 0 bridgehead atoms. The second kappa shape index (κ2) is 14.3. The van der Waals surface area contributed by atoms with E-state index in [4.69, 9.17) is 4.74 Å². The molecule has 2 nitrogen and oxygen atoms in total. The molecule has 1 aliphatic rings. The predicted octanol–water partition coefficient (Wildman–Crippen LogP) is 17.9. The van der Waals surface area contributed by atoms with Gasteiger partial charge in [0.05, 0.1) is 0 Å². The van der Waals surface area contributed by atoms with E-state index in [-0.39, 0.29) is 0 Å². The van der Waals surface area contributed by atoms with Crippen LogP contribution in [0.5, 0.6) is 11.5 Å². The van der Waals surface area contributed by atoms with E-state index in [1.54, 1.807) is 0 Å². The molecule has 1 aromatic heterocycles. The van der Waals surface area contributed by atoms with Gasteiger partial charge < -0.3 is 9.64 Å². The zero-order chi connectivity index (χ0) is 41.4. The number of benzene rings is 10. The summed E-state index contributed by atoms with van der Waals surface area (Å²) in [5, 5.41) is 14.7. The molecule has 63 heavy (non-hydrogen) atoms. The van der Waals surface area contributed by atoms with Gasteiger partial charge in [0.1, 0.15) is 11.5 Å². The molecule has 12 aromatic rings. The Kier molecular flexibility index (Phi) is 8.12. The fourth-order valence-corrected chi connectivity index (χ4v) is 11.2. The molecule has 0 spiro atoms. The lowest BCUT2D eigenvalue weighted by atomic mass is 9.93. The fraction of sp³-hybridized carbons (Fsp3) is 0. The Balaban J connectivity index is 1.17. The van der Waals surface area contributed by atoms with E-state index in [1.165, 1.54) is 74.0 Å². The third-order valence-electron chi connectivity index (χ3n) is 12.9. The first-order valence-electron chi connectivity index (χ1n) is 21.5. The van der Waals surface area contributed by atoms with Gasteiger partial charge in [-0.2, -0.15) is 0 Å². The molecule has 0 saturated heterocycles. The van der Waals surface area contributed by atoms with Crippen molar-refractivity contribution in [3.8, 4) is 33.8 Å². The highest BCUT2D eigenvalue weighted by Crippen LogP contribution is 2.50. The summed E-state index contributed by atoms with van der Waals surface area (Å²) >= 11 is 1.87. The van der Waals surface area contributed by atoms with Gasteiger partial charge in [0.15, 0.2) is 0 Å². The maximum Gasteiger partial charge on any atom is 0.135 e. The molecule has 3 heteroatoms. The average Bonchev–Trinajstić information content (AvgIpc) is 3.65. The van der Waals surface area contributed by atoms with Gasteiger partial charge in [-0.3, -0.25) is 0 Å². The van der Waals surface area contributed by atoms with Crippen molar-refractivity contribution in [1.82, 2.24) is 0 Å². The molecule has 11 aromatic carbocycles. The van der Waals surface area contributed by atoms with Crippen molar-refractivity contribution in [3.63, 3.8) is 0 Å². The Bertz CT molecular complexity index is 3900. The Morgan fingerprint density at radius 1 is 0.254 bits per heavy atom. The molecule has 0 fully saturated rings. The molecule has 2 heterocycles. The van der Waals surface area contributed by atoms with Gasteiger partial charge in [-0.15, -0.1) is 11.3 Å². The van der Waals surface area contributed by atoms with Gasteiger partial charge in [0, 0.05) is 48.4 Å². The van der Waals surface area contributed by atoms with Crippen molar-refractivity contribution in [2.45, 2.75) is 0 Å². The first-order chi connectivity index (χ1) is 31.2. The molecule has 0 saturated carbocycles. The van der Waals surface area contributed by atoms with Crippen molar-refractivity contribution in [3.05, 3.63) is 224 Å². The number of hydrogen-bond acceptors (Lipinski definition) is 3. The van der Waals surface area contributed by atoms with Crippen LogP contribution in [0.1, 0.15) is 0 Å². The summed E-state index contributed by atoms with van der Waals surface area (Å²) in [4.78, 5) is 2.40. The van der Waals surface area contributed by atoms with Crippen LogP contribution in [0.2, 0.25) is 0 Å². The van der Waals surface area contributed by atoms with Crippen LogP contribution in [0.25, 0.3) is 96.3 Å². The topological polar surface area (TPSA) is 12.5 Å². The van der Waals surface area contributed by atoms with Crippen LogP contribution in [0.15, 0.2) is 224 Å². The summed E-state index contributed by atoms with van der Waals surface area (Å²) < 4.78 is 9.29. The van der Waals surface area contributed by atoms with Crippen LogP contribution in [0.4, 0.5) is 17.1 Å². The van der Waals surface area contributed by atoms with Crippen LogP contribution < -0.4 is 9.64 Å². The van der Waals surface area contributed by atoms with Crippen molar-refractivity contribution >= 4 is 102 Å². The Hall–Kier alpha value is -7.98. The zero-order valence-corrected chi connectivity index (χ0v) is 34.9. The number of rotatable bonds is 3. The Morgan fingerprint density at radius 2 is 0.714 bits per heavy atom. The molecule has 294 valence electrons. The summed E-state index contributed by atoms with van der Waals surface area (Å²) in [6.07, 6.45) is 0. The number of hydrogen-bond donors (Lipinski definition) is 0. The molecule has 0 radical (unpaired) electrons. The number of anilines is 3. The monoisotopic (exact) mass is 819 g/mol. The molecule has 0 N–H and O–H groups in total. The van der Waals surface area contributed by atoms with Gasteiger partial charge >= 0.3 is 0 Å². The highest BCUT2D eigenvalue weighted by atomic mass is 32.1. The normalized spacial score (nSPS) is 11.9. The first-order valence-corrected chi connectivity index (χ1v) is 22.3. The smallest absolute Gasteiger partial charge is 0.135 e. The Morgan fingerprint density at radius 3 is 1.40 bits per heavy atom. The van der Waals surface area contributed by atoms with Crippen LogP contribution >= 0.6 is 11.3 Å². The largest absolute Gasteiger partial charge is 0.456 e. The standard InChI is InChI=1S/C60H37NOS/c1-2-16-38(17-3-1)61(40-31-33-58-55(35-40)48-25-11-9-23-46(48)50-26-12-14-28-57(50)62-58)39-30-32-49-45-22-7-6-20-43(45)41-18-4-5-19-42(41)44-21-8-10-24-47(44)53-36-56-51-27-13-15-29-59(51)63-60(56)37-54(53)52(49)34-39/h1-37H. The number of para-hydroxylation sites is 2. The van der Waals surface area contributed by atoms with Crippen molar-refractivity contribution in [1.29, 1.82) is 0 Å². The lowest BCUT2D eigenvalue weighted by Gasteiger charge is -2.27. The fourth-order valence-electron chi connectivity index (χ4n) is 10.0. The number of fused-ring (bicyclic) bond motifs is 18. The van der Waals surface area contributed by atoms with E-state index in [2.05, 4.69) is 223 Å². The van der Waals surface area contributed by atoms with Crippen LogP contribution in [-0.2, 0) is 0 Å². The zero-order valence-electron chi connectivity index (χ0n) is 34.1. The van der Waals surface area contributed by atoms with Crippen molar-refractivity contribution in [2.24, 2.45) is 0 Å². The maximum absolute atomic E-state index is 6.72. The maximum atomic E-state index is 6.72. The number of nitrogens with zero attached hydrogens (tertiary/aromatic N) is 1. The second-order valence-electron chi connectivity index (χ2n) is 16.4. The number of thiophene rings is 1. The Labute approximate surface area is 368 Å². The molecule has 0 aliphatic carbocycles. The van der Waals surface area contributed by atoms with Crippen molar-refractivity contribution in [2.75, 3.05) is 4.90 Å². The van der Waals surface area contributed by atoms with E-state index >= 15 is 0 Å². The third-order valence-corrected chi connectivity index (χ3v) is 14.0. The van der Waals surface area contributed by atoms with E-state index in [0.29, 0.717) is 0 Å². The van der Waals surface area contributed by atoms with Gasteiger partial charge in [-0.05, 0) is 132 Å². The second-order valence-corrected chi connectivity index (χ2v) is 17.4. The summed E-state index contributed by atoms with van der Waals surface area (Å²) in [5.74, 6) is 1.70. The molecular weight excluding hydrogens is 783 g/mol. The molecule has 13 rings (SSSR count). The highest BCUT2D eigenvalue weighted by Gasteiger charge is 2.23. The summed E-state index contributed by atoms with van der Waals surface area (Å²) in [7, 11) is 0. The molecular formula is C60H37NOS. The van der Waals surface area contributed by atoms with E-state index in [1.807, 2.05) is 17.4 Å². The lowest BCUT2D eigenvalue weighted by Crippen LogP contribution is -2.10. The van der Waals surface area contributed by atoms with E-state index in [9.17, 15) is 0 Å². The van der Waals surface area contributed by atoms with Crippen LogP contribution in [-0.4, -0.2) is 0 Å². The SMILES string of the molecule is c1ccc(N(c2ccc3c(c2)-c2ccccc2-c2ccccc2O3)c2ccc3c4ccccc4c4ccccc4c4ccccc4c4cc5c(cc4c3c2)sc2ccccc25)cc1.